The van der Waals surface area contributed by atoms with E-state index in [-0.39, 0.29) is 22.9 Å². The van der Waals surface area contributed by atoms with Crippen LogP contribution in [-0.2, 0) is 19.1 Å². The maximum atomic E-state index is 11.1. The summed E-state index contributed by atoms with van der Waals surface area (Å²) in [6.07, 6.45) is 2.52. The number of esters is 2. The molecule has 0 spiro atoms. The zero-order chi connectivity index (χ0) is 10.3. The van der Waals surface area contributed by atoms with Crippen LogP contribution in [0.25, 0.3) is 0 Å². The van der Waals surface area contributed by atoms with Crippen LogP contribution >= 0.6 is 0 Å². The van der Waals surface area contributed by atoms with Crippen molar-refractivity contribution in [3.8, 4) is 0 Å². The largest absolute Gasteiger partial charge is 0.406 e. The fourth-order valence-electron chi connectivity index (χ4n) is 1.16. The molecule has 0 aromatic heterocycles. The molecule has 6 nitrogen and oxygen atoms in total. The molecule has 0 atom stereocenters. The van der Waals surface area contributed by atoms with Crippen LogP contribution in [0.2, 0.25) is 0 Å². The number of hydrogen-bond donors (Lipinski definition) is 2. The average molecular weight is 194 g/mol. The lowest BCUT2D eigenvalue weighted by Crippen LogP contribution is -2.07. The molecule has 4 N–H and O–H groups in total. The molecular weight excluding hydrogens is 188 g/mol. The molecule has 2 rings (SSSR count). The van der Waals surface area contributed by atoms with Gasteiger partial charge in [-0.1, -0.05) is 0 Å². The summed E-state index contributed by atoms with van der Waals surface area (Å²) in [5, 5.41) is 0. The van der Waals surface area contributed by atoms with E-state index in [1.807, 2.05) is 0 Å². The van der Waals surface area contributed by atoms with Gasteiger partial charge in [-0.2, -0.15) is 0 Å². The van der Waals surface area contributed by atoms with Crippen molar-refractivity contribution >= 4 is 11.9 Å². The second kappa shape index (κ2) is 2.63. The van der Waals surface area contributed by atoms with E-state index < -0.39 is 11.9 Å². The van der Waals surface area contributed by atoms with Crippen molar-refractivity contribution in [3.05, 3.63) is 35.1 Å². The van der Waals surface area contributed by atoms with Gasteiger partial charge in [-0.15, -0.1) is 0 Å². The summed E-state index contributed by atoms with van der Waals surface area (Å²) in [6, 6.07) is 0. The van der Waals surface area contributed by atoms with Crippen molar-refractivity contribution in [1.82, 2.24) is 0 Å². The maximum Gasteiger partial charge on any atom is 0.345 e. The quantitative estimate of drug-likeness (QED) is 0.378. The van der Waals surface area contributed by atoms with E-state index in [2.05, 4.69) is 9.47 Å². The molecule has 2 heterocycles. The molecule has 0 amide bonds. The first kappa shape index (κ1) is 8.36. The predicted molar refractivity (Wildman–Crippen MR) is 43.8 cm³/mol. The Morgan fingerprint density at radius 2 is 1.21 bits per heavy atom. The van der Waals surface area contributed by atoms with E-state index in [9.17, 15) is 9.59 Å². The number of hydrogen-bond acceptors (Lipinski definition) is 6. The highest BCUT2D eigenvalue weighted by atomic mass is 16.6. The lowest BCUT2D eigenvalue weighted by atomic mass is 10.1. The lowest BCUT2D eigenvalue weighted by molar-refractivity contribution is -0.136. The summed E-state index contributed by atoms with van der Waals surface area (Å²) in [7, 11) is 0. The third-order valence-corrected chi connectivity index (χ3v) is 1.72. The Hall–Kier alpha value is -2.24. The Morgan fingerprint density at radius 1 is 0.857 bits per heavy atom. The van der Waals surface area contributed by atoms with Crippen molar-refractivity contribution in [1.29, 1.82) is 0 Å². The van der Waals surface area contributed by atoms with Gasteiger partial charge in [0.05, 0.1) is 11.1 Å². The first-order valence-corrected chi connectivity index (χ1v) is 3.71. The minimum Gasteiger partial charge on any atom is -0.406 e. The molecule has 0 aromatic rings. The van der Waals surface area contributed by atoms with Gasteiger partial charge in [-0.05, 0) is 0 Å². The van der Waals surface area contributed by atoms with Crippen molar-refractivity contribution in [2.45, 2.75) is 0 Å². The first-order valence-electron chi connectivity index (χ1n) is 3.71. The average Bonchev–Trinajstić information content (AvgIpc) is 2.55. The van der Waals surface area contributed by atoms with Crippen LogP contribution in [0, 0.1) is 0 Å². The number of ether oxygens (including phenoxy) is 2. The summed E-state index contributed by atoms with van der Waals surface area (Å²) in [6.45, 7) is 0. The van der Waals surface area contributed by atoms with Crippen LogP contribution in [0.3, 0.4) is 0 Å². The lowest BCUT2D eigenvalue weighted by Gasteiger charge is -1.94. The van der Waals surface area contributed by atoms with Crippen LogP contribution in [0.1, 0.15) is 0 Å². The SMILES string of the molecule is NC1=C/C(=C2/C=C(N)OC2=O)C(=O)O1. The topological polar surface area (TPSA) is 105 Å². The number of carbonyl (C=O) groups is 2. The van der Waals surface area contributed by atoms with Crippen LogP contribution in [0.15, 0.2) is 35.1 Å². The van der Waals surface area contributed by atoms with Crippen molar-refractivity contribution < 1.29 is 19.1 Å². The monoisotopic (exact) mass is 194 g/mol. The van der Waals surface area contributed by atoms with Gasteiger partial charge in [0.2, 0.25) is 0 Å². The molecule has 14 heavy (non-hydrogen) atoms. The molecule has 2 aliphatic heterocycles. The van der Waals surface area contributed by atoms with Crippen molar-refractivity contribution in [3.63, 3.8) is 0 Å². The van der Waals surface area contributed by atoms with Crippen molar-refractivity contribution in [2.75, 3.05) is 0 Å². The van der Waals surface area contributed by atoms with E-state index in [0.717, 1.165) is 0 Å². The highest BCUT2D eigenvalue weighted by Crippen LogP contribution is 2.23. The van der Waals surface area contributed by atoms with Crippen molar-refractivity contribution in [2.24, 2.45) is 11.5 Å². The van der Waals surface area contributed by atoms with Gasteiger partial charge in [-0.25, -0.2) is 9.59 Å². The van der Waals surface area contributed by atoms with E-state index in [1.54, 1.807) is 0 Å². The molecule has 6 heteroatoms. The zero-order valence-electron chi connectivity index (χ0n) is 6.94. The summed E-state index contributed by atoms with van der Waals surface area (Å²) in [5.74, 6) is -1.46. The molecule has 0 radical (unpaired) electrons. The number of nitrogens with two attached hydrogens (primary N) is 2. The fourth-order valence-corrected chi connectivity index (χ4v) is 1.16. The van der Waals surface area contributed by atoms with Gasteiger partial charge in [0.25, 0.3) is 0 Å². The molecular formula is C8H6N2O4. The van der Waals surface area contributed by atoms with Crippen LogP contribution in [-0.4, -0.2) is 11.9 Å². The van der Waals surface area contributed by atoms with E-state index in [4.69, 9.17) is 11.5 Å². The van der Waals surface area contributed by atoms with Crippen LogP contribution in [0.5, 0.6) is 0 Å². The van der Waals surface area contributed by atoms with E-state index in [0.29, 0.717) is 0 Å². The van der Waals surface area contributed by atoms with E-state index in [1.165, 1.54) is 12.2 Å². The molecule has 0 bridgehead atoms. The van der Waals surface area contributed by atoms with Gasteiger partial charge < -0.3 is 20.9 Å². The van der Waals surface area contributed by atoms with Gasteiger partial charge >= 0.3 is 11.9 Å². The standard InChI is InChI=1S/C8H6N2O4/c9-5-1-3(7(11)13-5)4-2-6(10)14-8(4)12/h1-2H,9-10H2/b4-3+. The smallest absolute Gasteiger partial charge is 0.345 e. The highest BCUT2D eigenvalue weighted by Gasteiger charge is 2.29. The Balaban J connectivity index is 2.51. The van der Waals surface area contributed by atoms with Crippen LogP contribution in [0.4, 0.5) is 0 Å². The number of rotatable bonds is 0. The Labute approximate surface area is 78.4 Å². The van der Waals surface area contributed by atoms with Gasteiger partial charge in [-0.3, -0.25) is 0 Å². The molecule has 0 aromatic carbocycles. The summed E-state index contributed by atoms with van der Waals surface area (Å²) in [4.78, 5) is 22.3. The summed E-state index contributed by atoms with van der Waals surface area (Å²) in [5.41, 5.74) is 10.6. The zero-order valence-corrected chi connectivity index (χ0v) is 6.94. The molecule has 0 saturated heterocycles. The molecule has 0 fully saturated rings. The Kier molecular flexibility index (Phi) is 1.57. The molecule has 0 saturated carbocycles. The Bertz CT molecular complexity index is 391. The summed E-state index contributed by atoms with van der Waals surface area (Å²) < 4.78 is 9.07. The fraction of sp³-hybridized carbons (Fsp3) is 0. The molecule has 0 unspecified atom stereocenters. The number of carbonyl (C=O) groups excluding carboxylic acids is 2. The third kappa shape index (κ3) is 1.13. The van der Waals surface area contributed by atoms with Gasteiger partial charge in [0.1, 0.15) is 0 Å². The van der Waals surface area contributed by atoms with E-state index >= 15 is 0 Å². The number of cyclic esters (lactones) is 2. The Morgan fingerprint density at radius 3 is 1.43 bits per heavy atom. The maximum absolute atomic E-state index is 11.1. The van der Waals surface area contributed by atoms with Gasteiger partial charge in [0.15, 0.2) is 11.8 Å². The second-order valence-corrected chi connectivity index (χ2v) is 2.70. The van der Waals surface area contributed by atoms with Crippen LogP contribution < -0.4 is 11.5 Å². The molecule has 2 aliphatic rings. The van der Waals surface area contributed by atoms with Gasteiger partial charge in [0, 0.05) is 12.2 Å². The highest BCUT2D eigenvalue weighted by molar-refractivity contribution is 6.07. The third-order valence-electron chi connectivity index (χ3n) is 1.72. The summed E-state index contributed by atoms with van der Waals surface area (Å²) >= 11 is 0. The minimum atomic E-state index is -0.680. The minimum absolute atomic E-state index is 0.0517. The molecule has 0 aliphatic carbocycles. The molecule has 72 valence electrons. The normalized spacial score (nSPS) is 25.7. The second-order valence-electron chi connectivity index (χ2n) is 2.70. The first-order chi connectivity index (χ1) is 6.58. The predicted octanol–water partition coefficient (Wildman–Crippen LogP) is -1.00.